The van der Waals surface area contributed by atoms with Crippen molar-refractivity contribution in [3.63, 3.8) is 0 Å². The first kappa shape index (κ1) is 22.1. The average Bonchev–Trinajstić information content (AvgIpc) is 2.70. The van der Waals surface area contributed by atoms with Gasteiger partial charge in [0.15, 0.2) is 0 Å². The van der Waals surface area contributed by atoms with Gasteiger partial charge in [-0.05, 0) is 37.7 Å². The molecule has 1 aromatic carbocycles. The summed E-state index contributed by atoms with van der Waals surface area (Å²) < 4.78 is 9.67. The molecule has 2 rings (SSSR count). The van der Waals surface area contributed by atoms with Crippen LogP contribution in [0.3, 0.4) is 0 Å². The third-order valence-electron chi connectivity index (χ3n) is 4.97. The van der Waals surface area contributed by atoms with Gasteiger partial charge >= 0.3 is 5.97 Å². The van der Waals surface area contributed by atoms with Gasteiger partial charge in [0.2, 0.25) is 5.91 Å². The minimum atomic E-state index is -0.409. The van der Waals surface area contributed by atoms with E-state index in [9.17, 15) is 14.7 Å². The Kier molecular flexibility index (Phi) is 9.72. The van der Waals surface area contributed by atoms with E-state index in [-0.39, 0.29) is 18.6 Å². The summed E-state index contributed by atoms with van der Waals surface area (Å²) in [6, 6.07) is 10.1. The molecule has 1 aliphatic rings. The minimum Gasteiger partial charge on any atom is -0.467 e. The van der Waals surface area contributed by atoms with E-state index in [0.29, 0.717) is 32.4 Å². The highest BCUT2D eigenvalue weighted by atomic mass is 16.6. The SMILES string of the molecule is COC(=O)COC/C=C\CN1C(=O)CCC[C@@H]1CCC(O)Cc1ccccc1. The Bertz CT molecular complexity index is 631. The summed E-state index contributed by atoms with van der Waals surface area (Å²) in [5.41, 5.74) is 1.13. The van der Waals surface area contributed by atoms with Crippen LogP contribution in [0.25, 0.3) is 0 Å². The third kappa shape index (κ3) is 7.82. The Morgan fingerprint density at radius 2 is 2.11 bits per heavy atom. The van der Waals surface area contributed by atoms with Gasteiger partial charge in [0.25, 0.3) is 0 Å². The Morgan fingerprint density at radius 1 is 1.32 bits per heavy atom. The Hall–Kier alpha value is -2.18. The lowest BCUT2D eigenvalue weighted by molar-refractivity contribution is -0.145. The maximum absolute atomic E-state index is 12.3. The number of piperidine rings is 1. The summed E-state index contributed by atoms with van der Waals surface area (Å²) in [4.78, 5) is 25.2. The zero-order valence-electron chi connectivity index (χ0n) is 16.6. The van der Waals surface area contributed by atoms with E-state index >= 15 is 0 Å². The van der Waals surface area contributed by atoms with Crippen molar-refractivity contribution < 1.29 is 24.2 Å². The molecule has 0 bridgehead atoms. The molecule has 0 radical (unpaired) electrons. The molecular formula is C22H31NO5. The summed E-state index contributed by atoms with van der Waals surface area (Å²) in [5, 5.41) is 10.4. The monoisotopic (exact) mass is 389 g/mol. The highest BCUT2D eigenvalue weighted by Crippen LogP contribution is 2.23. The van der Waals surface area contributed by atoms with E-state index in [1.165, 1.54) is 7.11 Å². The van der Waals surface area contributed by atoms with Crippen molar-refractivity contribution in [2.45, 2.75) is 50.7 Å². The number of hydrogen-bond donors (Lipinski definition) is 1. The molecule has 6 heteroatoms. The van der Waals surface area contributed by atoms with Crippen LogP contribution in [0, 0.1) is 0 Å². The molecule has 1 fully saturated rings. The molecule has 6 nitrogen and oxygen atoms in total. The lowest BCUT2D eigenvalue weighted by Crippen LogP contribution is -2.44. The van der Waals surface area contributed by atoms with Gasteiger partial charge in [-0.3, -0.25) is 4.79 Å². The molecule has 1 saturated heterocycles. The topological polar surface area (TPSA) is 76.1 Å². The van der Waals surface area contributed by atoms with Gasteiger partial charge in [-0.25, -0.2) is 4.79 Å². The number of carbonyl (C=O) groups is 2. The molecule has 2 atom stereocenters. The number of nitrogens with zero attached hydrogens (tertiary/aromatic N) is 1. The number of ether oxygens (including phenoxy) is 2. The fourth-order valence-corrected chi connectivity index (χ4v) is 3.44. The summed E-state index contributed by atoms with van der Waals surface area (Å²) >= 11 is 0. The van der Waals surface area contributed by atoms with Crippen molar-refractivity contribution in [3.8, 4) is 0 Å². The van der Waals surface area contributed by atoms with Crippen LogP contribution in [0.15, 0.2) is 42.5 Å². The van der Waals surface area contributed by atoms with E-state index in [0.717, 1.165) is 24.8 Å². The molecule has 0 spiro atoms. The van der Waals surface area contributed by atoms with Crippen LogP contribution in [-0.2, 0) is 25.5 Å². The molecular weight excluding hydrogens is 358 g/mol. The number of amides is 1. The number of esters is 1. The predicted octanol–water partition coefficient (Wildman–Crippen LogP) is 2.50. The summed E-state index contributed by atoms with van der Waals surface area (Å²) in [6.07, 6.45) is 7.87. The maximum atomic E-state index is 12.3. The van der Waals surface area contributed by atoms with Crippen LogP contribution in [0.5, 0.6) is 0 Å². The number of aliphatic hydroxyl groups excluding tert-OH is 1. The first-order chi connectivity index (χ1) is 13.6. The fraction of sp³-hybridized carbons (Fsp3) is 0.545. The van der Waals surface area contributed by atoms with Gasteiger partial charge < -0.3 is 19.5 Å². The van der Waals surface area contributed by atoms with Crippen LogP contribution in [0.4, 0.5) is 0 Å². The van der Waals surface area contributed by atoms with E-state index in [2.05, 4.69) is 4.74 Å². The number of benzene rings is 1. The molecule has 0 aromatic heterocycles. The number of rotatable bonds is 11. The highest BCUT2D eigenvalue weighted by Gasteiger charge is 2.27. The quantitative estimate of drug-likeness (QED) is 0.357. The van der Waals surface area contributed by atoms with Crippen molar-refractivity contribution in [2.75, 3.05) is 26.9 Å². The molecule has 154 valence electrons. The number of hydrogen-bond acceptors (Lipinski definition) is 5. The Balaban J connectivity index is 1.76. The van der Waals surface area contributed by atoms with Crippen LogP contribution in [0.1, 0.15) is 37.7 Å². The first-order valence-electron chi connectivity index (χ1n) is 9.91. The van der Waals surface area contributed by atoms with Gasteiger partial charge in [0.1, 0.15) is 6.61 Å². The molecule has 0 saturated carbocycles. The predicted molar refractivity (Wildman–Crippen MR) is 107 cm³/mol. The van der Waals surface area contributed by atoms with Crippen LogP contribution >= 0.6 is 0 Å². The second kappa shape index (κ2) is 12.3. The van der Waals surface area contributed by atoms with Crippen LogP contribution in [0.2, 0.25) is 0 Å². The number of likely N-dealkylation sites (tertiary alicyclic amines) is 1. The summed E-state index contributed by atoms with van der Waals surface area (Å²) in [7, 11) is 1.32. The Morgan fingerprint density at radius 3 is 2.86 bits per heavy atom. The van der Waals surface area contributed by atoms with Crippen molar-refractivity contribution in [2.24, 2.45) is 0 Å². The molecule has 28 heavy (non-hydrogen) atoms. The van der Waals surface area contributed by atoms with Crippen molar-refractivity contribution in [1.29, 1.82) is 0 Å². The van der Waals surface area contributed by atoms with Gasteiger partial charge in [-0.15, -0.1) is 0 Å². The second-order valence-electron chi connectivity index (χ2n) is 7.08. The van der Waals surface area contributed by atoms with Crippen LogP contribution in [-0.4, -0.2) is 60.9 Å². The zero-order chi connectivity index (χ0) is 20.2. The standard InChI is InChI=1S/C22H31NO5/c1-27-22(26)17-28-15-6-5-14-23-19(10-7-11-21(23)25)12-13-20(24)16-18-8-3-2-4-9-18/h2-6,8-9,19-20,24H,7,10-17H2,1H3/b6-5-/t19-,20?/m1/s1. The largest absolute Gasteiger partial charge is 0.467 e. The van der Waals surface area contributed by atoms with Crippen molar-refractivity contribution in [3.05, 3.63) is 48.0 Å². The lowest BCUT2D eigenvalue weighted by atomic mass is 9.94. The van der Waals surface area contributed by atoms with Gasteiger partial charge in [-0.2, -0.15) is 0 Å². The minimum absolute atomic E-state index is 0.0780. The molecule has 1 unspecified atom stereocenters. The summed E-state index contributed by atoms with van der Waals surface area (Å²) in [5.74, 6) is -0.248. The zero-order valence-corrected chi connectivity index (χ0v) is 16.6. The molecule has 1 N–H and O–H groups in total. The molecule has 1 aliphatic heterocycles. The van der Waals surface area contributed by atoms with Crippen LogP contribution < -0.4 is 0 Å². The maximum Gasteiger partial charge on any atom is 0.331 e. The molecule has 1 heterocycles. The smallest absolute Gasteiger partial charge is 0.331 e. The van der Waals surface area contributed by atoms with Crippen molar-refractivity contribution in [1.82, 2.24) is 4.90 Å². The van der Waals surface area contributed by atoms with E-state index < -0.39 is 12.1 Å². The average molecular weight is 389 g/mol. The van der Waals surface area contributed by atoms with E-state index in [1.807, 2.05) is 47.4 Å². The number of carbonyl (C=O) groups excluding carboxylic acids is 2. The molecule has 0 aliphatic carbocycles. The second-order valence-corrected chi connectivity index (χ2v) is 7.08. The lowest BCUT2D eigenvalue weighted by Gasteiger charge is -2.35. The molecule has 1 amide bonds. The van der Waals surface area contributed by atoms with E-state index in [1.54, 1.807) is 0 Å². The van der Waals surface area contributed by atoms with Crippen molar-refractivity contribution >= 4 is 11.9 Å². The number of aliphatic hydroxyl groups is 1. The first-order valence-corrected chi connectivity index (χ1v) is 9.91. The highest BCUT2D eigenvalue weighted by molar-refractivity contribution is 5.77. The fourth-order valence-electron chi connectivity index (χ4n) is 3.44. The summed E-state index contributed by atoms with van der Waals surface area (Å²) in [6.45, 7) is 0.753. The third-order valence-corrected chi connectivity index (χ3v) is 4.97. The van der Waals surface area contributed by atoms with E-state index in [4.69, 9.17) is 4.74 Å². The van der Waals surface area contributed by atoms with Gasteiger partial charge in [0, 0.05) is 19.0 Å². The van der Waals surface area contributed by atoms with Gasteiger partial charge in [-0.1, -0.05) is 42.5 Å². The molecule has 1 aromatic rings. The normalized spacial score (nSPS) is 18.4. The Labute approximate surface area is 167 Å². The van der Waals surface area contributed by atoms with Gasteiger partial charge in [0.05, 0.1) is 19.8 Å². The number of methoxy groups -OCH3 is 1.